The molecule has 5 nitrogen and oxygen atoms in total. The van der Waals surface area contributed by atoms with Crippen LogP contribution >= 0.6 is 0 Å². The molecular formula is C13H17NO4. The first-order valence-electron chi connectivity index (χ1n) is 6.26. The Balaban J connectivity index is 2.12. The molecule has 0 unspecified atom stereocenters. The van der Waals surface area contributed by atoms with Gasteiger partial charge in [-0.1, -0.05) is 12.8 Å². The largest absolute Gasteiger partial charge is 0.481 e. The summed E-state index contributed by atoms with van der Waals surface area (Å²) in [5.74, 6) is -0.853. The molecule has 0 aliphatic carbocycles. The third-order valence-corrected chi connectivity index (χ3v) is 3.18. The molecular weight excluding hydrogens is 234 g/mol. The third-order valence-electron chi connectivity index (χ3n) is 3.18. The van der Waals surface area contributed by atoms with Gasteiger partial charge in [0.05, 0.1) is 11.8 Å². The smallest absolute Gasteiger partial charge is 0.311 e. The molecule has 1 aromatic heterocycles. The molecule has 0 spiro atoms. The first-order chi connectivity index (χ1) is 8.68. The normalized spacial score (nSPS) is 16.3. The van der Waals surface area contributed by atoms with Crippen molar-refractivity contribution in [2.75, 3.05) is 13.1 Å². The lowest BCUT2D eigenvalue weighted by atomic mass is 10.1. The Morgan fingerprint density at radius 3 is 2.50 bits per heavy atom. The van der Waals surface area contributed by atoms with E-state index in [4.69, 9.17) is 9.52 Å². The molecule has 1 aliphatic heterocycles. The molecule has 2 rings (SSSR count). The molecule has 18 heavy (non-hydrogen) atoms. The van der Waals surface area contributed by atoms with E-state index in [0.29, 0.717) is 5.56 Å². The van der Waals surface area contributed by atoms with Gasteiger partial charge in [-0.2, -0.15) is 0 Å². The molecule has 0 bridgehead atoms. The maximum atomic E-state index is 12.3. The average Bonchev–Trinajstić information content (AvgIpc) is 2.63. The number of furan rings is 1. The number of aliphatic carboxylic acids is 1. The maximum Gasteiger partial charge on any atom is 0.311 e. The van der Waals surface area contributed by atoms with Crippen molar-refractivity contribution in [3.05, 3.63) is 23.7 Å². The fourth-order valence-electron chi connectivity index (χ4n) is 2.25. The highest BCUT2D eigenvalue weighted by atomic mass is 16.4. The predicted molar refractivity (Wildman–Crippen MR) is 64.4 cm³/mol. The summed E-state index contributed by atoms with van der Waals surface area (Å²) in [6, 6.07) is 1.56. The Kier molecular flexibility index (Phi) is 4.02. The van der Waals surface area contributed by atoms with Gasteiger partial charge >= 0.3 is 5.97 Å². The summed E-state index contributed by atoms with van der Waals surface area (Å²) in [6.07, 6.45) is 5.45. The van der Waals surface area contributed by atoms with E-state index in [-0.39, 0.29) is 18.1 Å². The van der Waals surface area contributed by atoms with E-state index < -0.39 is 5.97 Å². The van der Waals surface area contributed by atoms with Crippen LogP contribution in [-0.2, 0) is 11.2 Å². The second kappa shape index (κ2) is 5.71. The first kappa shape index (κ1) is 12.7. The van der Waals surface area contributed by atoms with Crippen LogP contribution in [-0.4, -0.2) is 35.0 Å². The van der Waals surface area contributed by atoms with Crippen molar-refractivity contribution in [2.24, 2.45) is 0 Å². The van der Waals surface area contributed by atoms with Crippen LogP contribution in [0.5, 0.6) is 0 Å². The lowest BCUT2D eigenvalue weighted by Crippen LogP contribution is -2.32. The summed E-state index contributed by atoms with van der Waals surface area (Å²) < 4.78 is 5.09. The Morgan fingerprint density at radius 2 is 1.89 bits per heavy atom. The van der Waals surface area contributed by atoms with Crippen molar-refractivity contribution < 1.29 is 19.1 Å². The molecule has 1 aromatic rings. The van der Waals surface area contributed by atoms with Gasteiger partial charge < -0.3 is 14.4 Å². The molecule has 0 atom stereocenters. The number of hydrogen-bond acceptors (Lipinski definition) is 3. The molecule has 0 saturated carbocycles. The minimum Gasteiger partial charge on any atom is -0.481 e. The third kappa shape index (κ3) is 2.91. The van der Waals surface area contributed by atoms with Crippen LogP contribution in [0.15, 0.2) is 16.7 Å². The molecule has 1 N–H and O–H groups in total. The Morgan fingerprint density at radius 1 is 1.22 bits per heavy atom. The summed E-state index contributed by atoms with van der Waals surface area (Å²) in [5, 5.41) is 8.76. The lowest BCUT2D eigenvalue weighted by Gasteiger charge is -2.19. The average molecular weight is 251 g/mol. The summed E-state index contributed by atoms with van der Waals surface area (Å²) in [6.45, 7) is 1.49. The van der Waals surface area contributed by atoms with Crippen LogP contribution in [0.25, 0.3) is 0 Å². The number of rotatable bonds is 3. The van der Waals surface area contributed by atoms with Crippen LogP contribution in [0, 0.1) is 0 Å². The van der Waals surface area contributed by atoms with Gasteiger partial charge in [-0.05, 0) is 18.9 Å². The Labute approximate surface area is 105 Å². The zero-order valence-electron chi connectivity index (χ0n) is 10.2. The van der Waals surface area contributed by atoms with Gasteiger partial charge in [-0.15, -0.1) is 0 Å². The fourth-order valence-corrected chi connectivity index (χ4v) is 2.25. The minimum atomic E-state index is -0.991. The van der Waals surface area contributed by atoms with Crippen molar-refractivity contribution in [1.82, 2.24) is 4.90 Å². The van der Waals surface area contributed by atoms with Crippen LogP contribution in [0.1, 0.15) is 41.8 Å². The molecule has 1 saturated heterocycles. The number of likely N-dealkylation sites (tertiary alicyclic amines) is 1. The minimum absolute atomic E-state index is 0.109. The van der Waals surface area contributed by atoms with E-state index >= 15 is 0 Å². The number of amides is 1. The Hall–Kier alpha value is -1.78. The van der Waals surface area contributed by atoms with E-state index in [1.54, 1.807) is 11.0 Å². The molecule has 0 radical (unpaired) electrons. The van der Waals surface area contributed by atoms with Crippen LogP contribution < -0.4 is 0 Å². The van der Waals surface area contributed by atoms with E-state index in [2.05, 4.69) is 0 Å². The number of nitrogens with zero attached hydrogens (tertiary/aromatic N) is 1. The molecule has 0 aromatic carbocycles. The number of carboxylic acid groups (broad SMARTS) is 1. The maximum absolute atomic E-state index is 12.3. The summed E-state index contributed by atoms with van der Waals surface area (Å²) >= 11 is 0. The highest BCUT2D eigenvalue weighted by molar-refractivity contribution is 5.96. The fraction of sp³-hybridized carbons (Fsp3) is 0.538. The molecule has 1 aliphatic rings. The topological polar surface area (TPSA) is 70.7 Å². The van der Waals surface area contributed by atoms with Gasteiger partial charge in [0, 0.05) is 13.1 Å². The van der Waals surface area contributed by atoms with Crippen LogP contribution in [0.3, 0.4) is 0 Å². The zero-order valence-corrected chi connectivity index (χ0v) is 10.2. The summed E-state index contributed by atoms with van der Waals surface area (Å²) in [5.41, 5.74) is 0.388. The van der Waals surface area contributed by atoms with Crippen LogP contribution in [0.4, 0.5) is 0 Å². The van der Waals surface area contributed by atoms with E-state index in [1.165, 1.54) is 6.26 Å². The van der Waals surface area contributed by atoms with Crippen molar-refractivity contribution in [3.63, 3.8) is 0 Å². The predicted octanol–water partition coefficient (Wildman–Crippen LogP) is 1.92. The number of hydrogen-bond donors (Lipinski definition) is 1. The standard InChI is InChI=1S/C13H17NO4/c15-12(16)9-11-10(5-8-18-11)13(17)14-6-3-1-2-4-7-14/h5,8H,1-4,6-7,9H2,(H,15,16). The molecule has 5 heteroatoms. The molecule has 1 amide bonds. The second-order valence-electron chi connectivity index (χ2n) is 4.53. The first-order valence-corrected chi connectivity index (χ1v) is 6.26. The van der Waals surface area contributed by atoms with E-state index in [0.717, 1.165) is 38.8 Å². The van der Waals surface area contributed by atoms with E-state index in [1.807, 2.05) is 0 Å². The quantitative estimate of drug-likeness (QED) is 0.891. The molecule has 2 heterocycles. The molecule has 1 fully saturated rings. The van der Waals surface area contributed by atoms with Gasteiger partial charge in [-0.3, -0.25) is 9.59 Å². The summed E-state index contributed by atoms with van der Waals surface area (Å²) in [7, 11) is 0. The highest BCUT2D eigenvalue weighted by Crippen LogP contribution is 2.17. The van der Waals surface area contributed by atoms with Crippen molar-refractivity contribution in [3.8, 4) is 0 Å². The van der Waals surface area contributed by atoms with Gasteiger partial charge in [0.25, 0.3) is 5.91 Å². The van der Waals surface area contributed by atoms with Crippen molar-refractivity contribution in [2.45, 2.75) is 32.1 Å². The SMILES string of the molecule is O=C(O)Cc1occc1C(=O)N1CCCCCC1. The monoisotopic (exact) mass is 251 g/mol. The number of carbonyl (C=O) groups excluding carboxylic acids is 1. The highest BCUT2D eigenvalue weighted by Gasteiger charge is 2.22. The van der Waals surface area contributed by atoms with Crippen molar-refractivity contribution >= 4 is 11.9 Å². The van der Waals surface area contributed by atoms with Gasteiger partial charge in [-0.25, -0.2) is 0 Å². The second-order valence-corrected chi connectivity index (χ2v) is 4.53. The summed E-state index contributed by atoms with van der Waals surface area (Å²) in [4.78, 5) is 24.8. The van der Waals surface area contributed by atoms with Gasteiger partial charge in [0.2, 0.25) is 0 Å². The van der Waals surface area contributed by atoms with Gasteiger partial charge in [0.1, 0.15) is 12.2 Å². The lowest BCUT2D eigenvalue weighted by molar-refractivity contribution is -0.136. The number of carbonyl (C=O) groups is 2. The zero-order chi connectivity index (χ0) is 13.0. The Bertz CT molecular complexity index is 430. The van der Waals surface area contributed by atoms with Gasteiger partial charge in [0.15, 0.2) is 0 Å². The van der Waals surface area contributed by atoms with Crippen molar-refractivity contribution in [1.29, 1.82) is 0 Å². The van der Waals surface area contributed by atoms with Crippen LogP contribution in [0.2, 0.25) is 0 Å². The molecule has 98 valence electrons. The number of carboxylic acids is 1. The van der Waals surface area contributed by atoms with E-state index in [9.17, 15) is 9.59 Å².